The van der Waals surface area contributed by atoms with Crippen molar-refractivity contribution in [1.29, 1.82) is 0 Å². The molecule has 2 aromatic carbocycles. The summed E-state index contributed by atoms with van der Waals surface area (Å²) in [5.41, 5.74) is 12.2. The Morgan fingerprint density at radius 3 is 2.33 bits per heavy atom. The normalized spacial score (nSPS) is 14.3. The molecular formula is C34H47N7O4. The van der Waals surface area contributed by atoms with E-state index in [1.54, 1.807) is 5.01 Å². The van der Waals surface area contributed by atoms with Crippen molar-refractivity contribution < 1.29 is 19.1 Å². The van der Waals surface area contributed by atoms with E-state index in [1.807, 2.05) is 33.8 Å². The van der Waals surface area contributed by atoms with Crippen LogP contribution < -0.4 is 11.2 Å². The average molecular weight is 618 g/mol. The summed E-state index contributed by atoms with van der Waals surface area (Å²) in [4.78, 5) is 44.1. The molecule has 11 heteroatoms. The number of unbranched alkanes of at least 4 members (excludes halogenated alkanes) is 2. The summed E-state index contributed by atoms with van der Waals surface area (Å²) in [5, 5.41) is 6.62. The number of nitrogens with zero attached hydrogens (tertiary/aromatic N) is 5. The minimum Gasteiger partial charge on any atom is -0.468 e. The molecule has 2 heterocycles. The van der Waals surface area contributed by atoms with Crippen LogP contribution in [0.4, 0.5) is 0 Å². The molecule has 1 aliphatic heterocycles. The van der Waals surface area contributed by atoms with Crippen molar-refractivity contribution in [3.63, 3.8) is 0 Å². The summed E-state index contributed by atoms with van der Waals surface area (Å²) in [6.07, 6.45) is 6.56. The summed E-state index contributed by atoms with van der Waals surface area (Å²) < 4.78 is 6.65. The summed E-state index contributed by atoms with van der Waals surface area (Å²) in [6, 6.07) is 15.2. The predicted molar refractivity (Wildman–Crippen MR) is 173 cm³/mol. The van der Waals surface area contributed by atoms with Crippen LogP contribution in [0.25, 0.3) is 11.1 Å². The lowest BCUT2D eigenvalue weighted by molar-refractivity contribution is -0.142. The lowest BCUT2D eigenvalue weighted by atomic mass is 9.97. The van der Waals surface area contributed by atoms with E-state index < -0.39 is 12.0 Å². The number of esters is 1. The van der Waals surface area contributed by atoms with Gasteiger partial charge in [-0.2, -0.15) is 5.10 Å². The van der Waals surface area contributed by atoms with Crippen LogP contribution in [0.15, 0.2) is 48.5 Å². The van der Waals surface area contributed by atoms with Crippen LogP contribution in [-0.2, 0) is 33.7 Å². The van der Waals surface area contributed by atoms with Crippen LogP contribution in [0.5, 0.6) is 0 Å². The summed E-state index contributed by atoms with van der Waals surface area (Å²) in [5.74, 6) is 1.18. The SMILES string of the molecule is CCCCc1nc(CCCC)n(Cc2ccc(-c3ccccc3C(=O)N3CCN(NC(=O)CCC(N)C(=O)OC)CC3)cc2)n1. The third-order valence-corrected chi connectivity index (χ3v) is 8.09. The van der Waals surface area contributed by atoms with Crippen molar-refractivity contribution >= 4 is 17.8 Å². The maximum atomic E-state index is 13.6. The summed E-state index contributed by atoms with van der Waals surface area (Å²) >= 11 is 0. The van der Waals surface area contributed by atoms with Gasteiger partial charge in [-0.15, -0.1) is 0 Å². The van der Waals surface area contributed by atoms with Gasteiger partial charge in [0.05, 0.1) is 13.7 Å². The van der Waals surface area contributed by atoms with Crippen LogP contribution in [0.3, 0.4) is 0 Å². The zero-order chi connectivity index (χ0) is 32.2. The number of nitrogens with two attached hydrogens (primary N) is 1. The van der Waals surface area contributed by atoms with Crippen LogP contribution in [-0.4, -0.2) is 81.8 Å². The number of nitrogens with one attached hydrogen (secondary N) is 1. The molecule has 3 aromatic rings. The highest BCUT2D eigenvalue weighted by molar-refractivity contribution is 6.01. The number of amides is 2. The Labute approximate surface area is 266 Å². The fourth-order valence-electron chi connectivity index (χ4n) is 5.38. The topological polar surface area (TPSA) is 136 Å². The maximum Gasteiger partial charge on any atom is 0.322 e. The average Bonchev–Trinajstić information content (AvgIpc) is 3.46. The van der Waals surface area contributed by atoms with E-state index in [0.29, 0.717) is 38.3 Å². The smallest absolute Gasteiger partial charge is 0.322 e. The standard InChI is InChI=1S/C34H47N7O4/c1-4-6-12-30-36-31(13-7-5-2)41(37-30)24-25-14-16-26(17-15-25)27-10-8-9-11-28(27)33(43)39-20-22-40(23-21-39)38-32(42)19-18-29(35)34(44)45-3/h8-11,14-17,29H,4-7,12-13,18-24,35H2,1-3H3,(H,38,42). The number of aryl methyl sites for hydroxylation is 2. The molecule has 0 radical (unpaired) electrons. The number of benzene rings is 2. The molecule has 1 saturated heterocycles. The lowest BCUT2D eigenvalue weighted by Gasteiger charge is -2.35. The zero-order valence-electron chi connectivity index (χ0n) is 26.8. The molecule has 2 amide bonds. The molecule has 11 nitrogen and oxygen atoms in total. The summed E-state index contributed by atoms with van der Waals surface area (Å²) in [6.45, 7) is 6.99. The van der Waals surface area contributed by atoms with Gasteiger partial charge in [-0.05, 0) is 42.0 Å². The first-order chi connectivity index (χ1) is 21.8. The van der Waals surface area contributed by atoms with Gasteiger partial charge in [0.2, 0.25) is 5.91 Å². The summed E-state index contributed by atoms with van der Waals surface area (Å²) in [7, 11) is 1.27. The molecule has 0 saturated carbocycles. The monoisotopic (exact) mass is 617 g/mol. The van der Waals surface area contributed by atoms with Gasteiger partial charge in [0, 0.05) is 51.0 Å². The molecule has 1 unspecified atom stereocenters. The predicted octanol–water partition coefficient (Wildman–Crippen LogP) is 3.75. The van der Waals surface area contributed by atoms with Gasteiger partial charge in [0.15, 0.2) is 5.82 Å². The van der Waals surface area contributed by atoms with Gasteiger partial charge in [-0.25, -0.2) is 14.7 Å². The van der Waals surface area contributed by atoms with Crippen LogP contribution >= 0.6 is 0 Å². The molecule has 45 heavy (non-hydrogen) atoms. The third kappa shape index (κ3) is 9.45. The maximum absolute atomic E-state index is 13.6. The first-order valence-electron chi connectivity index (χ1n) is 16.1. The first kappa shape index (κ1) is 33.8. The highest BCUT2D eigenvalue weighted by Gasteiger charge is 2.25. The highest BCUT2D eigenvalue weighted by Crippen LogP contribution is 2.26. The fraction of sp³-hybridized carbons (Fsp3) is 0.500. The van der Waals surface area contributed by atoms with E-state index in [9.17, 15) is 14.4 Å². The number of ether oxygens (including phenoxy) is 1. The fourth-order valence-corrected chi connectivity index (χ4v) is 5.38. The second-order valence-electron chi connectivity index (χ2n) is 11.5. The molecule has 1 aliphatic rings. The second kappa shape index (κ2) is 16.8. The first-order valence-corrected chi connectivity index (χ1v) is 16.1. The van der Waals surface area contributed by atoms with E-state index in [0.717, 1.165) is 66.9 Å². The zero-order valence-corrected chi connectivity index (χ0v) is 26.8. The van der Waals surface area contributed by atoms with Gasteiger partial charge >= 0.3 is 5.97 Å². The molecule has 3 N–H and O–H groups in total. The minimum absolute atomic E-state index is 0.0347. The molecule has 1 fully saturated rings. The largest absolute Gasteiger partial charge is 0.468 e. The van der Waals surface area contributed by atoms with Crippen LogP contribution in [0, 0.1) is 0 Å². The number of aromatic nitrogens is 3. The molecule has 0 bridgehead atoms. The number of rotatable bonds is 15. The number of hydrogen-bond acceptors (Lipinski definition) is 8. The van der Waals surface area contributed by atoms with Gasteiger partial charge in [0.25, 0.3) is 5.91 Å². The minimum atomic E-state index is -0.827. The Bertz CT molecular complexity index is 1410. The van der Waals surface area contributed by atoms with Gasteiger partial charge in [-0.3, -0.25) is 19.8 Å². The Kier molecular flexibility index (Phi) is 12.6. The Morgan fingerprint density at radius 2 is 1.64 bits per heavy atom. The van der Waals surface area contributed by atoms with Crippen molar-refractivity contribution in [2.75, 3.05) is 33.3 Å². The molecule has 1 atom stereocenters. The lowest BCUT2D eigenvalue weighted by Crippen LogP contribution is -2.55. The van der Waals surface area contributed by atoms with Crippen molar-refractivity contribution in [3.05, 3.63) is 71.3 Å². The number of methoxy groups -OCH3 is 1. The highest BCUT2D eigenvalue weighted by atomic mass is 16.5. The second-order valence-corrected chi connectivity index (χ2v) is 11.5. The molecular weight excluding hydrogens is 570 g/mol. The quantitative estimate of drug-likeness (QED) is 0.246. The number of hydrogen-bond donors (Lipinski definition) is 2. The van der Waals surface area contributed by atoms with Crippen molar-refractivity contribution in [3.8, 4) is 11.1 Å². The van der Waals surface area contributed by atoms with Crippen molar-refractivity contribution in [2.45, 2.75) is 77.8 Å². The number of carbonyl (C=O) groups is 3. The van der Waals surface area contributed by atoms with E-state index in [1.165, 1.54) is 7.11 Å². The van der Waals surface area contributed by atoms with Crippen molar-refractivity contribution in [2.24, 2.45) is 5.73 Å². The Balaban J connectivity index is 1.36. The Hall–Kier alpha value is -4.09. The van der Waals surface area contributed by atoms with Crippen molar-refractivity contribution in [1.82, 2.24) is 30.1 Å². The van der Waals surface area contributed by atoms with Gasteiger partial charge in [0.1, 0.15) is 11.9 Å². The molecule has 1 aromatic heterocycles. The molecule has 242 valence electrons. The number of hydrazine groups is 1. The van der Waals surface area contributed by atoms with E-state index in [-0.39, 0.29) is 24.7 Å². The van der Waals surface area contributed by atoms with Crippen LogP contribution in [0.1, 0.15) is 79.9 Å². The number of piperazine rings is 1. The van der Waals surface area contributed by atoms with E-state index >= 15 is 0 Å². The van der Waals surface area contributed by atoms with Gasteiger partial charge in [-0.1, -0.05) is 69.2 Å². The Morgan fingerprint density at radius 1 is 0.956 bits per heavy atom. The van der Waals surface area contributed by atoms with E-state index in [4.69, 9.17) is 15.8 Å². The molecule has 4 rings (SSSR count). The van der Waals surface area contributed by atoms with Gasteiger partial charge < -0.3 is 15.4 Å². The molecule has 0 aliphatic carbocycles. The molecule has 0 spiro atoms. The third-order valence-electron chi connectivity index (χ3n) is 8.09. The number of carbonyl (C=O) groups excluding carboxylic acids is 3. The van der Waals surface area contributed by atoms with E-state index in [2.05, 4.69) is 48.3 Å². The van der Waals surface area contributed by atoms with Crippen LogP contribution in [0.2, 0.25) is 0 Å².